The van der Waals surface area contributed by atoms with E-state index in [0.29, 0.717) is 0 Å². The molecule has 1 heteroatoms. The quantitative estimate of drug-likeness (QED) is 0.594. The van der Waals surface area contributed by atoms with Crippen LogP contribution < -0.4 is 4.74 Å². The average molecular weight is 236 g/mol. The van der Waals surface area contributed by atoms with Crippen molar-refractivity contribution in [2.45, 2.75) is 13.3 Å². The SMILES string of the molecule is CCCOc1cc2ccccc2c2ccccc12. The summed E-state index contributed by atoms with van der Waals surface area (Å²) in [5.41, 5.74) is 0. The molecule has 18 heavy (non-hydrogen) atoms. The number of ether oxygens (including phenoxy) is 1. The van der Waals surface area contributed by atoms with Gasteiger partial charge in [0.2, 0.25) is 0 Å². The van der Waals surface area contributed by atoms with Gasteiger partial charge in [0.25, 0.3) is 0 Å². The Morgan fingerprint density at radius 3 is 2.28 bits per heavy atom. The molecule has 3 aromatic rings. The molecular formula is C17H16O. The number of fused-ring (bicyclic) bond motifs is 3. The minimum Gasteiger partial charge on any atom is -0.493 e. The van der Waals surface area contributed by atoms with Gasteiger partial charge in [-0.25, -0.2) is 0 Å². The van der Waals surface area contributed by atoms with Gasteiger partial charge < -0.3 is 4.74 Å². The lowest BCUT2D eigenvalue weighted by Crippen LogP contribution is -1.96. The zero-order valence-corrected chi connectivity index (χ0v) is 10.5. The highest BCUT2D eigenvalue weighted by molar-refractivity contribution is 6.10. The van der Waals surface area contributed by atoms with Crippen LogP contribution in [0.25, 0.3) is 21.5 Å². The molecule has 0 amide bonds. The van der Waals surface area contributed by atoms with Gasteiger partial charge in [-0.2, -0.15) is 0 Å². The lowest BCUT2D eigenvalue weighted by Gasteiger charge is -2.11. The molecule has 3 rings (SSSR count). The van der Waals surface area contributed by atoms with Crippen LogP contribution in [-0.2, 0) is 0 Å². The van der Waals surface area contributed by atoms with E-state index >= 15 is 0 Å². The first kappa shape index (κ1) is 11.1. The van der Waals surface area contributed by atoms with Crippen molar-refractivity contribution in [3.05, 3.63) is 54.6 Å². The zero-order valence-electron chi connectivity index (χ0n) is 10.5. The smallest absolute Gasteiger partial charge is 0.127 e. The van der Waals surface area contributed by atoms with E-state index in [1.165, 1.54) is 21.5 Å². The van der Waals surface area contributed by atoms with E-state index in [9.17, 15) is 0 Å². The molecule has 0 aliphatic carbocycles. The van der Waals surface area contributed by atoms with E-state index in [2.05, 4.69) is 61.5 Å². The molecule has 0 spiro atoms. The molecule has 3 aromatic carbocycles. The Morgan fingerprint density at radius 1 is 0.833 bits per heavy atom. The summed E-state index contributed by atoms with van der Waals surface area (Å²) in [6, 6.07) is 19.1. The van der Waals surface area contributed by atoms with Crippen LogP contribution in [0.3, 0.4) is 0 Å². The number of benzene rings is 3. The topological polar surface area (TPSA) is 9.23 Å². The Balaban J connectivity index is 2.32. The fourth-order valence-electron chi connectivity index (χ4n) is 2.35. The van der Waals surface area contributed by atoms with Gasteiger partial charge in [-0.3, -0.25) is 0 Å². The van der Waals surface area contributed by atoms with Crippen molar-refractivity contribution in [3.8, 4) is 5.75 Å². The second-order valence-electron chi connectivity index (χ2n) is 4.49. The Labute approximate surface area is 107 Å². The molecule has 0 radical (unpaired) electrons. The maximum absolute atomic E-state index is 5.88. The Kier molecular flexibility index (Phi) is 2.89. The van der Waals surface area contributed by atoms with Crippen molar-refractivity contribution in [1.29, 1.82) is 0 Å². The third-order valence-corrected chi connectivity index (χ3v) is 3.19. The van der Waals surface area contributed by atoms with Crippen molar-refractivity contribution in [3.63, 3.8) is 0 Å². The van der Waals surface area contributed by atoms with E-state index in [4.69, 9.17) is 4.74 Å². The Morgan fingerprint density at radius 2 is 1.50 bits per heavy atom. The molecule has 0 fully saturated rings. The predicted octanol–water partition coefficient (Wildman–Crippen LogP) is 4.78. The summed E-state index contributed by atoms with van der Waals surface area (Å²) in [4.78, 5) is 0. The molecule has 0 aliphatic heterocycles. The first-order valence-electron chi connectivity index (χ1n) is 6.43. The molecule has 0 atom stereocenters. The van der Waals surface area contributed by atoms with Gasteiger partial charge in [0.1, 0.15) is 5.75 Å². The number of rotatable bonds is 3. The Bertz CT molecular complexity index is 685. The predicted molar refractivity (Wildman–Crippen MR) is 77.2 cm³/mol. The van der Waals surface area contributed by atoms with Crippen LogP contribution in [0.1, 0.15) is 13.3 Å². The molecule has 0 bridgehead atoms. The fraction of sp³-hybridized carbons (Fsp3) is 0.176. The molecule has 0 heterocycles. The van der Waals surface area contributed by atoms with Gasteiger partial charge in [0, 0.05) is 5.39 Å². The van der Waals surface area contributed by atoms with Crippen LogP contribution in [0.4, 0.5) is 0 Å². The monoisotopic (exact) mass is 236 g/mol. The third kappa shape index (κ3) is 1.82. The van der Waals surface area contributed by atoms with E-state index in [0.717, 1.165) is 18.8 Å². The summed E-state index contributed by atoms with van der Waals surface area (Å²) >= 11 is 0. The van der Waals surface area contributed by atoms with E-state index < -0.39 is 0 Å². The lowest BCUT2D eigenvalue weighted by atomic mass is 10.0. The summed E-state index contributed by atoms with van der Waals surface area (Å²) in [6.07, 6.45) is 1.03. The van der Waals surface area contributed by atoms with Crippen LogP contribution in [0.5, 0.6) is 5.75 Å². The van der Waals surface area contributed by atoms with Crippen molar-refractivity contribution in [1.82, 2.24) is 0 Å². The van der Waals surface area contributed by atoms with Crippen molar-refractivity contribution < 1.29 is 4.74 Å². The normalized spacial score (nSPS) is 10.9. The van der Waals surface area contributed by atoms with Crippen molar-refractivity contribution >= 4 is 21.5 Å². The highest BCUT2D eigenvalue weighted by Gasteiger charge is 2.06. The third-order valence-electron chi connectivity index (χ3n) is 3.19. The summed E-state index contributed by atoms with van der Waals surface area (Å²) in [6.45, 7) is 2.89. The number of hydrogen-bond donors (Lipinski definition) is 0. The number of hydrogen-bond acceptors (Lipinski definition) is 1. The molecule has 0 unspecified atom stereocenters. The van der Waals surface area contributed by atoms with E-state index in [-0.39, 0.29) is 0 Å². The zero-order chi connectivity index (χ0) is 12.4. The van der Waals surface area contributed by atoms with Gasteiger partial charge in [0.05, 0.1) is 6.61 Å². The van der Waals surface area contributed by atoms with Crippen LogP contribution in [-0.4, -0.2) is 6.61 Å². The molecule has 0 aliphatic rings. The van der Waals surface area contributed by atoms with Gasteiger partial charge in [0.15, 0.2) is 0 Å². The summed E-state index contributed by atoms with van der Waals surface area (Å²) in [7, 11) is 0. The molecular weight excluding hydrogens is 220 g/mol. The second kappa shape index (κ2) is 4.69. The Hall–Kier alpha value is -2.02. The maximum Gasteiger partial charge on any atom is 0.127 e. The first-order valence-corrected chi connectivity index (χ1v) is 6.43. The summed E-state index contributed by atoms with van der Waals surface area (Å²) < 4.78 is 5.88. The fourth-order valence-corrected chi connectivity index (χ4v) is 2.35. The van der Waals surface area contributed by atoms with Crippen molar-refractivity contribution in [2.75, 3.05) is 6.61 Å². The first-order chi connectivity index (χ1) is 8.90. The van der Waals surface area contributed by atoms with Gasteiger partial charge in [-0.05, 0) is 28.6 Å². The highest BCUT2D eigenvalue weighted by atomic mass is 16.5. The van der Waals surface area contributed by atoms with Crippen LogP contribution in [0, 0.1) is 0 Å². The largest absolute Gasteiger partial charge is 0.493 e. The molecule has 90 valence electrons. The minimum absolute atomic E-state index is 0.766. The van der Waals surface area contributed by atoms with Crippen molar-refractivity contribution in [2.24, 2.45) is 0 Å². The highest BCUT2D eigenvalue weighted by Crippen LogP contribution is 2.33. The molecule has 0 saturated carbocycles. The molecule has 0 N–H and O–H groups in total. The second-order valence-corrected chi connectivity index (χ2v) is 4.49. The van der Waals surface area contributed by atoms with Gasteiger partial charge >= 0.3 is 0 Å². The molecule has 0 aromatic heterocycles. The van der Waals surface area contributed by atoms with E-state index in [1.807, 2.05) is 0 Å². The average Bonchev–Trinajstić information content (AvgIpc) is 2.45. The minimum atomic E-state index is 0.766. The van der Waals surface area contributed by atoms with Gasteiger partial charge in [-0.1, -0.05) is 55.5 Å². The van der Waals surface area contributed by atoms with Crippen LogP contribution in [0.2, 0.25) is 0 Å². The summed E-state index contributed by atoms with van der Waals surface area (Å²) in [5, 5.41) is 4.99. The lowest BCUT2D eigenvalue weighted by molar-refractivity contribution is 0.321. The van der Waals surface area contributed by atoms with E-state index in [1.54, 1.807) is 0 Å². The van der Waals surface area contributed by atoms with Crippen LogP contribution in [0.15, 0.2) is 54.6 Å². The summed E-state index contributed by atoms with van der Waals surface area (Å²) in [5.74, 6) is 0.992. The molecule has 0 saturated heterocycles. The van der Waals surface area contributed by atoms with Gasteiger partial charge in [-0.15, -0.1) is 0 Å². The standard InChI is InChI=1S/C17H16O/c1-2-11-18-17-12-13-7-3-4-8-14(13)15-9-5-6-10-16(15)17/h3-10,12H,2,11H2,1H3. The van der Waals surface area contributed by atoms with Crippen LogP contribution >= 0.6 is 0 Å². The molecule has 1 nitrogen and oxygen atoms in total. The maximum atomic E-state index is 5.88.